The fraction of sp³-hybridized carbons (Fsp3) is 0.318. The molecule has 3 rings (SSSR count). The highest BCUT2D eigenvalue weighted by Crippen LogP contribution is 2.22. The second-order valence-electron chi connectivity index (χ2n) is 7.05. The van der Waals surface area contributed by atoms with E-state index in [-0.39, 0.29) is 49.3 Å². The summed E-state index contributed by atoms with van der Waals surface area (Å²) < 4.78 is 29.6. The van der Waals surface area contributed by atoms with Crippen LogP contribution in [0.15, 0.2) is 54.6 Å². The lowest BCUT2D eigenvalue weighted by atomic mass is 10.1. The number of halogens is 2. The van der Waals surface area contributed by atoms with E-state index >= 15 is 0 Å². The van der Waals surface area contributed by atoms with Crippen LogP contribution in [0.4, 0.5) is 8.78 Å². The Hall–Kier alpha value is -3.49. The molecule has 0 saturated carbocycles. The molecule has 1 saturated heterocycles. The number of hydrogen-bond donors (Lipinski definition) is 1. The molecule has 1 heterocycles. The van der Waals surface area contributed by atoms with Crippen LogP contribution in [0.3, 0.4) is 0 Å². The largest absolute Gasteiger partial charge is 0.434 e. The molecule has 1 aliphatic rings. The molecule has 1 aliphatic heterocycles. The molecule has 0 aliphatic carbocycles. The van der Waals surface area contributed by atoms with Gasteiger partial charge in [-0.1, -0.05) is 30.3 Å². The Morgan fingerprint density at radius 2 is 1.48 bits per heavy atom. The van der Waals surface area contributed by atoms with Crippen molar-refractivity contribution in [3.05, 3.63) is 65.7 Å². The average molecular weight is 431 g/mol. The predicted molar refractivity (Wildman–Crippen MR) is 109 cm³/mol. The lowest BCUT2D eigenvalue weighted by Crippen LogP contribution is -2.55. The Bertz CT molecular complexity index is 931. The minimum Gasteiger partial charge on any atom is -0.434 e. The summed E-state index contributed by atoms with van der Waals surface area (Å²) in [5.74, 6) is -1.21. The number of nitrogens with zero attached hydrogens (tertiary/aromatic N) is 2. The van der Waals surface area contributed by atoms with Crippen LogP contribution in [0, 0.1) is 0 Å². The molecular weight excluding hydrogens is 408 g/mol. The zero-order valence-corrected chi connectivity index (χ0v) is 17.0. The van der Waals surface area contributed by atoms with Crippen LogP contribution in [0.1, 0.15) is 27.6 Å². The van der Waals surface area contributed by atoms with Gasteiger partial charge in [-0.2, -0.15) is 8.78 Å². The Labute approximate surface area is 178 Å². The van der Waals surface area contributed by atoms with Crippen molar-refractivity contribution in [2.24, 2.45) is 0 Å². The summed E-state index contributed by atoms with van der Waals surface area (Å²) in [4.78, 5) is 40.8. The lowest BCUT2D eigenvalue weighted by Gasteiger charge is -2.36. The number of piperazine rings is 1. The van der Waals surface area contributed by atoms with Crippen molar-refractivity contribution in [2.75, 3.05) is 26.2 Å². The highest BCUT2D eigenvalue weighted by molar-refractivity contribution is 5.98. The van der Waals surface area contributed by atoms with Gasteiger partial charge in [0.15, 0.2) is 0 Å². The molecule has 0 spiro atoms. The monoisotopic (exact) mass is 431 g/mol. The summed E-state index contributed by atoms with van der Waals surface area (Å²) in [6, 6.07) is 13.7. The Kier molecular flexibility index (Phi) is 7.17. The number of para-hydroxylation sites is 1. The van der Waals surface area contributed by atoms with E-state index in [1.165, 1.54) is 23.1 Å². The number of carbonyl (C=O) groups excluding carboxylic acids is 3. The summed E-state index contributed by atoms with van der Waals surface area (Å²) >= 11 is 0. The molecule has 164 valence electrons. The Balaban J connectivity index is 1.56. The van der Waals surface area contributed by atoms with Gasteiger partial charge < -0.3 is 19.9 Å². The number of nitrogens with one attached hydrogen (secondary N) is 1. The molecule has 2 aromatic rings. The smallest absolute Gasteiger partial charge is 0.387 e. The topological polar surface area (TPSA) is 79.0 Å². The second-order valence-corrected chi connectivity index (χ2v) is 7.05. The number of carbonyl (C=O) groups is 3. The first kappa shape index (κ1) is 22.2. The maximum atomic E-state index is 12.8. The number of rotatable bonds is 6. The molecule has 1 atom stereocenters. The third kappa shape index (κ3) is 5.56. The van der Waals surface area contributed by atoms with Gasteiger partial charge in [0.2, 0.25) is 5.91 Å². The number of amides is 3. The Morgan fingerprint density at radius 1 is 0.903 bits per heavy atom. The van der Waals surface area contributed by atoms with E-state index in [2.05, 4.69) is 10.1 Å². The van der Waals surface area contributed by atoms with Crippen LogP contribution in [-0.2, 0) is 4.79 Å². The average Bonchev–Trinajstić information content (AvgIpc) is 2.78. The maximum Gasteiger partial charge on any atom is 0.387 e. The lowest BCUT2D eigenvalue weighted by molar-refractivity contribution is -0.134. The molecule has 1 fully saturated rings. The second kappa shape index (κ2) is 10.0. The van der Waals surface area contributed by atoms with Gasteiger partial charge in [0.25, 0.3) is 11.8 Å². The van der Waals surface area contributed by atoms with E-state index in [1.54, 1.807) is 48.2 Å². The van der Waals surface area contributed by atoms with E-state index < -0.39 is 18.6 Å². The van der Waals surface area contributed by atoms with E-state index in [0.717, 1.165) is 0 Å². The van der Waals surface area contributed by atoms with Crippen molar-refractivity contribution in [3.63, 3.8) is 0 Å². The number of alkyl halides is 2. The third-order valence-corrected chi connectivity index (χ3v) is 4.97. The molecule has 31 heavy (non-hydrogen) atoms. The first-order valence-electron chi connectivity index (χ1n) is 9.84. The standard InChI is InChI=1S/C22H23F2N3O4/c1-15(25-19(28)16-7-3-2-4-8-16)20(29)26-11-13-27(14-12-26)21(30)17-9-5-6-10-18(17)31-22(23)24/h2-10,15,22H,11-14H2,1H3,(H,25,28). The van der Waals surface area contributed by atoms with Crippen LogP contribution in [-0.4, -0.2) is 66.4 Å². The van der Waals surface area contributed by atoms with Crippen molar-refractivity contribution >= 4 is 17.7 Å². The van der Waals surface area contributed by atoms with E-state index in [4.69, 9.17) is 0 Å². The summed E-state index contributed by atoms with van der Waals surface area (Å²) in [6.07, 6.45) is 0. The molecule has 1 unspecified atom stereocenters. The van der Waals surface area contributed by atoms with Gasteiger partial charge in [-0.15, -0.1) is 0 Å². The highest BCUT2D eigenvalue weighted by atomic mass is 19.3. The molecule has 0 bridgehead atoms. The molecule has 0 aromatic heterocycles. The van der Waals surface area contributed by atoms with Crippen LogP contribution in [0.5, 0.6) is 5.75 Å². The van der Waals surface area contributed by atoms with Gasteiger partial charge in [0, 0.05) is 31.7 Å². The van der Waals surface area contributed by atoms with Crippen LogP contribution in [0.25, 0.3) is 0 Å². The molecule has 2 aromatic carbocycles. The fourth-order valence-electron chi connectivity index (χ4n) is 3.35. The summed E-state index contributed by atoms with van der Waals surface area (Å²) in [6.45, 7) is -0.392. The van der Waals surface area contributed by atoms with E-state index in [0.29, 0.717) is 5.56 Å². The molecule has 9 heteroatoms. The van der Waals surface area contributed by atoms with Crippen molar-refractivity contribution in [2.45, 2.75) is 19.6 Å². The van der Waals surface area contributed by atoms with Gasteiger partial charge in [-0.25, -0.2) is 0 Å². The minimum atomic E-state index is -3.03. The zero-order chi connectivity index (χ0) is 22.4. The first-order valence-corrected chi connectivity index (χ1v) is 9.84. The van der Waals surface area contributed by atoms with E-state index in [1.807, 2.05) is 0 Å². The zero-order valence-electron chi connectivity index (χ0n) is 17.0. The minimum absolute atomic E-state index is 0.0473. The number of benzene rings is 2. The highest BCUT2D eigenvalue weighted by Gasteiger charge is 2.29. The number of hydrogen-bond acceptors (Lipinski definition) is 4. The van der Waals surface area contributed by atoms with Crippen molar-refractivity contribution in [3.8, 4) is 5.75 Å². The van der Waals surface area contributed by atoms with Gasteiger partial charge >= 0.3 is 6.61 Å². The van der Waals surface area contributed by atoms with Crippen LogP contribution < -0.4 is 10.1 Å². The summed E-state index contributed by atoms with van der Waals surface area (Å²) in [5.41, 5.74) is 0.508. The van der Waals surface area contributed by atoms with Crippen molar-refractivity contribution < 1.29 is 27.9 Å². The van der Waals surface area contributed by atoms with Crippen LogP contribution in [0.2, 0.25) is 0 Å². The molecular formula is C22H23F2N3O4. The summed E-state index contributed by atoms with van der Waals surface area (Å²) in [7, 11) is 0. The predicted octanol–water partition coefficient (Wildman–Crippen LogP) is 2.39. The van der Waals surface area contributed by atoms with Gasteiger partial charge in [-0.05, 0) is 31.2 Å². The molecule has 0 radical (unpaired) electrons. The molecule has 1 N–H and O–H groups in total. The van der Waals surface area contributed by atoms with Crippen molar-refractivity contribution in [1.29, 1.82) is 0 Å². The normalized spacial score (nSPS) is 14.8. The van der Waals surface area contributed by atoms with E-state index in [9.17, 15) is 23.2 Å². The van der Waals surface area contributed by atoms with Crippen molar-refractivity contribution in [1.82, 2.24) is 15.1 Å². The van der Waals surface area contributed by atoms with Gasteiger partial charge in [-0.3, -0.25) is 14.4 Å². The molecule has 3 amide bonds. The number of ether oxygens (including phenoxy) is 1. The SMILES string of the molecule is CC(NC(=O)c1ccccc1)C(=O)N1CCN(C(=O)c2ccccc2OC(F)F)CC1. The van der Waals surface area contributed by atoms with Crippen LogP contribution >= 0.6 is 0 Å². The quantitative estimate of drug-likeness (QED) is 0.762. The maximum absolute atomic E-state index is 12.8. The summed E-state index contributed by atoms with van der Waals surface area (Å²) in [5, 5.41) is 2.68. The fourth-order valence-corrected chi connectivity index (χ4v) is 3.35. The van der Waals surface area contributed by atoms with Gasteiger partial charge in [0.1, 0.15) is 11.8 Å². The Morgan fingerprint density at radius 3 is 2.13 bits per heavy atom. The van der Waals surface area contributed by atoms with Gasteiger partial charge in [0.05, 0.1) is 5.56 Å². The molecule has 7 nitrogen and oxygen atoms in total. The first-order chi connectivity index (χ1) is 14.9. The third-order valence-electron chi connectivity index (χ3n) is 4.97.